The summed E-state index contributed by atoms with van der Waals surface area (Å²) in [6.07, 6.45) is 2.62. The molecule has 1 atom stereocenters. The fraction of sp³-hybridized carbons (Fsp3) is 0.333. The van der Waals surface area contributed by atoms with E-state index in [2.05, 4.69) is 15.2 Å². The van der Waals surface area contributed by atoms with Crippen molar-refractivity contribution in [2.45, 2.75) is 25.3 Å². The van der Waals surface area contributed by atoms with Crippen LogP contribution in [0, 0.1) is 0 Å². The number of nitrogens with zero attached hydrogens (tertiary/aromatic N) is 2. The number of methoxy groups -OCH3 is 1. The minimum atomic E-state index is -0.00486. The standard InChI is InChI=1S/C21H24N4O2/c1-27-19-11-5-4-9-17(19)22-20(26)12-14-25-13-6-10-18(25)21-23-15-7-2-3-8-16(15)24-21/h2-5,7-9,11,18H,6,10,12-14H2,1H3,(H,22,26)(H,23,24)/t18-/m0/s1. The topological polar surface area (TPSA) is 70.2 Å². The van der Waals surface area contributed by atoms with Crippen molar-refractivity contribution in [2.75, 3.05) is 25.5 Å². The van der Waals surface area contributed by atoms with Gasteiger partial charge in [0.05, 0.1) is 29.9 Å². The molecule has 1 aromatic heterocycles. The number of carbonyl (C=O) groups excluding carboxylic acids is 1. The average Bonchev–Trinajstić information content (AvgIpc) is 3.33. The van der Waals surface area contributed by atoms with Crippen molar-refractivity contribution in [1.29, 1.82) is 0 Å². The van der Waals surface area contributed by atoms with Crippen molar-refractivity contribution in [3.05, 3.63) is 54.4 Å². The summed E-state index contributed by atoms with van der Waals surface area (Å²) < 4.78 is 5.29. The minimum Gasteiger partial charge on any atom is -0.495 e. The van der Waals surface area contributed by atoms with Crippen molar-refractivity contribution < 1.29 is 9.53 Å². The number of carbonyl (C=O) groups is 1. The number of likely N-dealkylation sites (tertiary alicyclic amines) is 1. The van der Waals surface area contributed by atoms with E-state index in [-0.39, 0.29) is 11.9 Å². The van der Waals surface area contributed by atoms with Gasteiger partial charge < -0.3 is 15.0 Å². The number of amides is 1. The first-order valence-electron chi connectivity index (χ1n) is 9.36. The van der Waals surface area contributed by atoms with Gasteiger partial charge in [0.2, 0.25) is 5.91 Å². The van der Waals surface area contributed by atoms with Crippen LogP contribution < -0.4 is 10.1 Å². The predicted octanol–water partition coefficient (Wildman–Crippen LogP) is 3.74. The Kier molecular flexibility index (Phi) is 5.07. The summed E-state index contributed by atoms with van der Waals surface area (Å²) in [5, 5.41) is 2.95. The van der Waals surface area contributed by atoms with Gasteiger partial charge in [0, 0.05) is 13.0 Å². The smallest absolute Gasteiger partial charge is 0.225 e. The second-order valence-electron chi connectivity index (χ2n) is 6.83. The molecular weight excluding hydrogens is 340 g/mol. The molecule has 0 saturated carbocycles. The van der Waals surface area contributed by atoms with Gasteiger partial charge in [-0.1, -0.05) is 24.3 Å². The van der Waals surface area contributed by atoms with Crippen LogP contribution in [0.4, 0.5) is 5.69 Å². The molecule has 4 rings (SSSR count). The van der Waals surface area contributed by atoms with E-state index in [4.69, 9.17) is 9.72 Å². The zero-order valence-corrected chi connectivity index (χ0v) is 15.4. The zero-order valence-electron chi connectivity index (χ0n) is 15.4. The molecule has 1 saturated heterocycles. The van der Waals surface area contributed by atoms with Crippen molar-refractivity contribution in [1.82, 2.24) is 14.9 Å². The molecular formula is C21H24N4O2. The highest BCUT2D eigenvalue weighted by atomic mass is 16.5. The summed E-state index contributed by atoms with van der Waals surface area (Å²) in [5.41, 5.74) is 2.77. The Morgan fingerprint density at radius 1 is 1.26 bits per heavy atom. The molecule has 0 aliphatic carbocycles. The van der Waals surface area contributed by atoms with E-state index in [1.54, 1.807) is 7.11 Å². The van der Waals surface area contributed by atoms with Crippen LogP contribution in [-0.2, 0) is 4.79 Å². The van der Waals surface area contributed by atoms with E-state index in [1.807, 2.05) is 48.5 Å². The summed E-state index contributed by atoms with van der Waals surface area (Å²) in [4.78, 5) is 22.9. The Labute approximate surface area is 158 Å². The fourth-order valence-electron chi connectivity index (χ4n) is 3.74. The second kappa shape index (κ2) is 7.80. The van der Waals surface area contributed by atoms with Gasteiger partial charge >= 0.3 is 0 Å². The Bertz CT molecular complexity index is 904. The first-order valence-corrected chi connectivity index (χ1v) is 9.36. The van der Waals surface area contributed by atoms with Gasteiger partial charge in [-0.2, -0.15) is 0 Å². The molecule has 27 heavy (non-hydrogen) atoms. The van der Waals surface area contributed by atoms with E-state index < -0.39 is 0 Å². The lowest BCUT2D eigenvalue weighted by Gasteiger charge is -2.22. The minimum absolute atomic E-state index is 0.00486. The normalized spacial score (nSPS) is 17.3. The van der Waals surface area contributed by atoms with Crippen LogP contribution in [0.1, 0.15) is 31.1 Å². The molecule has 0 radical (unpaired) electrons. The number of H-pyrrole nitrogens is 1. The molecule has 0 spiro atoms. The first kappa shape index (κ1) is 17.5. The van der Waals surface area contributed by atoms with Crippen LogP contribution in [0.25, 0.3) is 11.0 Å². The fourth-order valence-corrected chi connectivity index (χ4v) is 3.74. The maximum atomic E-state index is 12.4. The van der Waals surface area contributed by atoms with Crippen molar-refractivity contribution in [2.24, 2.45) is 0 Å². The van der Waals surface area contributed by atoms with E-state index in [1.165, 1.54) is 0 Å². The summed E-state index contributed by atoms with van der Waals surface area (Å²) >= 11 is 0. The number of aromatic nitrogens is 2. The monoisotopic (exact) mass is 364 g/mol. The second-order valence-corrected chi connectivity index (χ2v) is 6.83. The van der Waals surface area contributed by atoms with Crippen molar-refractivity contribution in [3.8, 4) is 5.75 Å². The molecule has 1 amide bonds. The molecule has 2 heterocycles. The van der Waals surface area contributed by atoms with Gasteiger partial charge in [-0.25, -0.2) is 4.98 Å². The lowest BCUT2D eigenvalue weighted by atomic mass is 10.2. The maximum Gasteiger partial charge on any atom is 0.225 e. The number of benzene rings is 2. The lowest BCUT2D eigenvalue weighted by molar-refractivity contribution is -0.116. The molecule has 0 unspecified atom stereocenters. The summed E-state index contributed by atoms with van der Waals surface area (Å²) in [5.74, 6) is 1.67. The average molecular weight is 364 g/mol. The van der Waals surface area contributed by atoms with E-state index in [0.717, 1.165) is 36.2 Å². The highest BCUT2D eigenvalue weighted by Gasteiger charge is 2.28. The lowest BCUT2D eigenvalue weighted by Crippen LogP contribution is -2.28. The molecule has 6 heteroatoms. The zero-order chi connectivity index (χ0) is 18.6. The molecule has 1 aliphatic heterocycles. The van der Waals surface area contributed by atoms with Crippen LogP contribution in [0.3, 0.4) is 0 Å². The molecule has 0 bridgehead atoms. The highest BCUT2D eigenvalue weighted by Crippen LogP contribution is 2.31. The molecule has 2 aromatic carbocycles. The molecule has 6 nitrogen and oxygen atoms in total. The molecule has 3 aromatic rings. The number of nitrogens with one attached hydrogen (secondary N) is 2. The highest BCUT2D eigenvalue weighted by molar-refractivity contribution is 5.92. The Balaban J connectivity index is 1.39. The molecule has 140 valence electrons. The van der Waals surface area contributed by atoms with Gasteiger partial charge in [0.25, 0.3) is 0 Å². The molecule has 1 aliphatic rings. The van der Waals surface area contributed by atoms with E-state index in [9.17, 15) is 4.79 Å². The third-order valence-corrected chi connectivity index (χ3v) is 5.09. The van der Waals surface area contributed by atoms with Gasteiger partial charge in [-0.05, 0) is 43.7 Å². The van der Waals surface area contributed by atoms with Crippen molar-refractivity contribution in [3.63, 3.8) is 0 Å². The van der Waals surface area contributed by atoms with E-state index in [0.29, 0.717) is 24.4 Å². The number of imidazole rings is 1. The van der Waals surface area contributed by atoms with Gasteiger partial charge in [-0.15, -0.1) is 0 Å². The van der Waals surface area contributed by atoms with Crippen LogP contribution in [0.5, 0.6) is 5.75 Å². The number of rotatable bonds is 6. The van der Waals surface area contributed by atoms with Gasteiger partial charge in [0.15, 0.2) is 0 Å². The predicted molar refractivity (Wildman–Crippen MR) is 106 cm³/mol. The van der Waals surface area contributed by atoms with Gasteiger partial charge in [-0.3, -0.25) is 9.69 Å². The SMILES string of the molecule is COc1ccccc1NC(=O)CCN1CCC[C@H]1c1nc2ccccc2[nH]1. The Hall–Kier alpha value is -2.86. The number of ether oxygens (including phenoxy) is 1. The third kappa shape index (κ3) is 3.80. The summed E-state index contributed by atoms with van der Waals surface area (Å²) in [7, 11) is 1.60. The number of aromatic amines is 1. The molecule has 2 N–H and O–H groups in total. The maximum absolute atomic E-state index is 12.4. The third-order valence-electron chi connectivity index (χ3n) is 5.09. The van der Waals surface area contributed by atoms with Crippen LogP contribution >= 0.6 is 0 Å². The largest absolute Gasteiger partial charge is 0.495 e. The number of fused-ring (bicyclic) bond motifs is 1. The number of anilines is 1. The van der Waals surface area contributed by atoms with Crippen molar-refractivity contribution >= 4 is 22.6 Å². The van der Waals surface area contributed by atoms with E-state index >= 15 is 0 Å². The van der Waals surface area contributed by atoms with Gasteiger partial charge in [0.1, 0.15) is 11.6 Å². The summed E-state index contributed by atoms with van der Waals surface area (Å²) in [6, 6.07) is 15.8. The number of hydrogen-bond donors (Lipinski definition) is 2. The molecule has 1 fully saturated rings. The van der Waals surface area contributed by atoms with Crippen LogP contribution in [0.2, 0.25) is 0 Å². The summed E-state index contributed by atoms with van der Waals surface area (Å²) in [6.45, 7) is 1.70. The Morgan fingerprint density at radius 2 is 2.07 bits per heavy atom. The van der Waals surface area contributed by atoms with Crippen LogP contribution in [-0.4, -0.2) is 41.0 Å². The number of para-hydroxylation sites is 4. The quantitative estimate of drug-likeness (QED) is 0.699. The Morgan fingerprint density at radius 3 is 2.93 bits per heavy atom. The van der Waals surface area contributed by atoms with Crippen LogP contribution in [0.15, 0.2) is 48.5 Å². The first-order chi connectivity index (χ1) is 13.2. The number of hydrogen-bond acceptors (Lipinski definition) is 4.